The summed E-state index contributed by atoms with van der Waals surface area (Å²) in [6, 6.07) is 14.2. The third kappa shape index (κ3) is 5.10. The van der Waals surface area contributed by atoms with Gasteiger partial charge in [0, 0.05) is 12.5 Å². The summed E-state index contributed by atoms with van der Waals surface area (Å²) in [6.07, 6.45) is -0.330. The Labute approximate surface area is 203 Å². The molecule has 1 aliphatic carbocycles. The summed E-state index contributed by atoms with van der Waals surface area (Å²) in [5.74, 6) is -0.752. The first-order chi connectivity index (χ1) is 16.7. The highest BCUT2D eigenvalue weighted by Crippen LogP contribution is 2.44. The monoisotopic (exact) mass is 476 g/mol. The Balaban J connectivity index is 1.49. The number of likely N-dealkylation sites (tertiary alicyclic amines) is 1. The second-order valence-corrected chi connectivity index (χ2v) is 9.63. The first-order valence-corrected chi connectivity index (χ1v) is 11.5. The second-order valence-electron chi connectivity index (χ2n) is 9.63. The molecule has 0 radical (unpaired) electrons. The molecule has 2 amide bonds. The lowest BCUT2D eigenvalue weighted by molar-refractivity contribution is -0.120. The molecule has 1 heterocycles. The number of hydrogen-bond acceptors (Lipinski definition) is 5. The quantitative estimate of drug-likeness (QED) is 0.400. The van der Waals surface area contributed by atoms with E-state index >= 15 is 0 Å². The van der Waals surface area contributed by atoms with Crippen molar-refractivity contribution in [3.8, 4) is 11.1 Å². The van der Waals surface area contributed by atoms with Crippen molar-refractivity contribution in [2.75, 3.05) is 13.2 Å². The molecule has 0 saturated carbocycles. The number of fused-ring (bicyclic) bond motifs is 3. The Hall–Kier alpha value is -3.97. The molecule has 0 aromatic heterocycles. The molecule has 1 fully saturated rings. The fraction of sp³-hybridized carbons (Fsp3) is 0.385. The van der Waals surface area contributed by atoms with Gasteiger partial charge in [0.15, 0.2) is 0 Å². The van der Waals surface area contributed by atoms with E-state index in [2.05, 4.69) is 10.1 Å². The van der Waals surface area contributed by atoms with Crippen molar-refractivity contribution in [3.05, 3.63) is 65.2 Å². The maximum Gasteiger partial charge on any atom is 0.410 e. The van der Waals surface area contributed by atoms with Crippen LogP contribution in [0.4, 0.5) is 9.59 Å². The molecular formula is C26H28N4O5. The Bertz CT molecular complexity index is 1150. The van der Waals surface area contributed by atoms with Crippen LogP contribution in [0.25, 0.3) is 16.7 Å². The van der Waals surface area contributed by atoms with Crippen LogP contribution in [0, 0.1) is 0 Å². The predicted molar refractivity (Wildman–Crippen MR) is 128 cm³/mol. The van der Waals surface area contributed by atoms with E-state index in [4.69, 9.17) is 15.0 Å². The van der Waals surface area contributed by atoms with E-state index in [1.54, 1.807) is 20.8 Å². The summed E-state index contributed by atoms with van der Waals surface area (Å²) >= 11 is 0. The van der Waals surface area contributed by atoms with Gasteiger partial charge in [-0.05, 0) is 49.4 Å². The number of nitrogens with zero attached hydrogens (tertiary/aromatic N) is 3. The van der Waals surface area contributed by atoms with Crippen LogP contribution in [0.3, 0.4) is 0 Å². The van der Waals surface area contributed by atoms with Crippen LogP contribution in [0.5, 0.6) is 0 Å². The maximum atomic E-state index is 13.1. The first kappa shape index (κ1) is 24.2. The highest BCUT2D eigenvalue weighted by atomic mass is 16.6. The summed E-state index contributed by atoms with van der Waals surface area (Å²) in [6.45, 7) is 5.47. The van der Waals surface area contributed by atoms with Crippen molar-refractivity contribution in [2.45, 2.75) is 50.8 Å². The maximum absolute atomic E-state index is 13.1. The molecule has 0 spiro atoms. The summed E-state index contributed by atoms with van der Waals surface area (Å²) in [5.41, 5.74) is 12.5. The van der Waals surface area contributed by atoms with Gasteiger partial charge in [-0.25, -0.2) is 9.59 Å². The van der Waals surface area contributed by atoms with Crippen molar-refractivity contribution in [3.63, 3.8) is 0 Å². The zero-order valence-electron chi connectivity index (χ0n) is 19.9. The van der Waals surface area contributed by atoms with E-state index in [9.17, 15) is 14.4 Å². The third-order valence-corrected chi connectivity index (χ3v) is 6.15. The zero-order chi connectivity index (χ0) is 25.2. The normalized spacial score (nSPS) is 18.8. The average molecular weight is 477 g/mol. The molecule has 2 unspecified atom stereocenters. The summed E-state index contributed by atoms with van der Waals surface area (Å²) in [5, 5.41) is 2.66. The fourth-order valence-corrected chi connectivity index (χ4v) is 4.77. The molecular weight excluding hydrogens is 448 g/mol. The molecule has 1 aliphatic heterocycles. The van der Waals surface area contributed by atoms with E-state index < -0.39 is 35.7 Å². The molecule has 1 N–H and O–H groups in total. The van der Waals surface area contributed by atoms with E-state index in [1.807, 2.05) is 48.5 Å². The average Bonchev–Trinajstić information content (AvgIpc) is 3.36. The van der Waals surface area contributed by atoms with Crippen LogP contribution in [-0.2, 0) is 14.3 Å². The number of alkyl carbamates (subject to hydrolysis) is 1. The number of hydrogen-bond donors (Lipinski definition) is 1. The number of carbonyl (C=O) groups is 3. The van der Waals surface area contributed by atoms with Crippen molar-refractivity contribution < 1.29 is 28.6 Å². The van der Waals surface area contributed by atoms with Crippen molar-refractivity contribution in [1.29, 1.82) is 0 Å². The summed E-state index contributed by atoms with van der Waals surface area (Å²) in [4.78, 5) is 42.1. The predicted octanol–water partition coefficient (Wildman–Crippen LogP) is 3.77. The largest absolute Gasteiger partial charge is 0.448 e. The minimum atomic E-state index is -1.07. The molecule has 2 aromatic carbocycles. The van der Waals surface area contributed by atoms with Gasteiger partial charge in [0.1, 0.15) is 18.2 Å². The zero-order valence-corrected chi connectivity index (χ0v) is 19.9. The van der Waals surface area contributed by atoms with Crippen molar-refractivity contribution >= 4 is 24.2 Å². The Kier molecular flexibility index (Phi) is 6.71. The van der Waals surface area contributed by atoms with Gasteiger partial charge in [0.2, 0.25) is 0 Å². The van der Waals surface area contributed by atoms with Crippen LogP contribution in [0.1, 0.15) is 44.2 Å². The molecule has 182 valence electrons. The minimum Gasteiger partial charge on any atom is -0.448 e. The van der Waals surface area contributed by atoms with Gasteiger partial charge < -0.3 is 20.3 Å². The van der Waals surface area contributed by atoms with Crippen LogP contribution in [-0.4, -0.2) is 64.7 Å². The fourth-order valence-electron chi connectivity index (χ4n) is 4.77. The van der Waals surface area contributed by atoms with E-state index in [-0.39, 0.29) is 19.1 Å². The SMILES string of the molecule is CC(C)(C)OC(=O)NC1CCN(C(=O)OCC2c3ccccc3-c3ccccc32)C1C(=O)C=[N+]=[N-]. The number of ether oxygens (including phenoxy) is 2. The number of nitrogens with one attached hydrogen (secondary N) is 1. The molecule has 9 nitrogen and oxygen atoms in total. The Morgan fingerprint density at radius 3 is 2.26 bits per heavy atom. The van der Waals surface area contributed by atoms with Gasteiger partial charge >= 0.3 is 18.4 Å². The molecule has 9 heteroatoms. The third-order valence-electron chi connectivity index (χ3n) is 6.15. The van der Waals surface area contributed by atoms with Crippen LogP contribution in [0.15, 0.2) is 48.5 Å². The topological polar surface area (TPSA) is 121 Å². The van der Waals surface area contributed by atoms with E-state index in [0.29, 0.717) is 6.42 Å². The smallest absolute Gasteiger partial charge is 0.410 e. The van der Waals surface area contributed by atoms with E-state index in [0.717, 1.165) is 28.5 Å². The number of Topliss-reactive ketones (excluding diaryl/α,β-unsaturated/α-hetero) is 1. The molecule has 4 rings (SSSR count). The van der Waals surface area contributed by atoms with Crippen LogP contribution in [0.2, 0.25) is 0 Å². The van der Waals surface area contributed by atoms with E-state index in [1.165, 1.54) is 4.90 Å². The van der Waals surface area contributed by atoms with Gasteiger partial charge in [0.25, 0.3) is 5.78 Å². The molecule has 2 aromatic rings. The number of rotatable bonds is 5. The van der Waals surface area contributed by atoms with Gasteiger partial charge in [-0.15, -0.1) is 0 Å². The van der Waals surface area contributed by atoms with Gasteiger partial charge in [-0.3, -0.25) is 9.69 Å². The first-order valence-electron chi connectivity index (χ1n) is 11.5. The van der Waals surface area contributed by atoms with Gasteiger partial charge in [0.05, 0.1) is 6.04 Å². The molecule has 2 atom stereocenters. The standard InChI is InChI=1S/C26H28N4O5/c1-26(2,3)35-24(32)29-21-12-13-30(23(21)22(31)14-28-27)25(33)34-15-20-18-10-6-4-8-16(18)17-9-5-7-11-19(17)20/h4-11,14,20-21,23H,12-13,15H2,1-3H3,(H,29,32). The highest BCUT2D eigenvalue weighted by Gasteiger charge is 2.45. The molecule has 35 heavy (non-hydrogen) atoms. The van der Waals surface area contributed by atoms with Gasteiger partial charge in [-0.1, -0.05) is 48.5 Å². The number of carbonyl (C=O) groups excluding carboxylic acids is 3. The number of ketones is 1. The lowest BCUT2D eigenvalue weighted by Crippen LogP contribution is -2.52. The highest BCUT2D eigenvalue weighted by molar-refractivity contribution is 6.28. The number of amides is 2. The molecule has 0 bridgehead atoms. The Morgan fingerprint density at radius 2 is 1.69 bits per heavy atom. The summed E-state index contributed by atoms with van der Waals surface area (Å²) < 4.78 is 11.0. The second kappa shape index (κ2) is 9.72. The van der Waals surface area contributed by atoms with Crippen molar-refractivity contribution in [2.24, 2.45) is 0 Å². The molecule has 2 aliphatic rings. The molecule has 1 saturated heterocycles. The van der Waals surface area contributed by atoms with Gasteiger partial charge in [-0.2, -0.15) is 4.79 Å². The lowest BCUT2D eigenvalue weighted by atomic mass is 9.98. The van der Waals surface area contributed by atoms with Crippen LogP contribution < -0.4 is 5.32 Å². The summed E-state index contributed by atoms with van der Waals surface area (Å²) in [7, 11) is 0. The van der Waals surface area contributed by atoms with Crippen molar-refractivity contribution in [1.82, 2.24) is 10.2 Å². The van der Waals surface area contributed by atoms with Crippen LogP contribution >= 0.6 is 0 Å². The minimum absolute atomic E-state index is 0.0997. The number of benzene rings is 2. The lowest BCUT2D eigenvalue weighted by Gasteiger charge is -2.27. The Morgan fingerprint density at radius 1 is 1.09 bits per heavy atom.